The molecule has 0 fully saturated rings. The van der Waals surface area contributed by atoms with Gasteiger partial charge in [-0.2, -0.15) is 0 Å². The van der Waals surface area contributed by atoms with Gasteiger partial charge >= 0.3 is 0 Å². The molecule has 0 saturated carbocycles. The van der Waals surface area contributed by atoms with E-state index in [4.69, 9.17) is 39.1 Å². The number of nitrogen functional groups attached to an aromatic ring is 1. The van der Waals surface area contributed by atoms with Gasteiger partial charge in [0.15, 0.2) is 5.69 Å². The molecule has 0 aliphatic heterocycles. The van der Waals surface area contributed by atoms with Crippen molar-refractivity contribution in [3.63, 3.8) is 0 Å². The zero-order chi connectivity index (χ0) is 13.1. The molecule has 18 heavy (non-hydrogen) atoms. The molecule has 1 aromatic carbocycles. The quantitative estimate of drug-likeness (QED) is 0.670. The normalized spacial score (nSPS) is 10.1. The van der Waals surface area contributed by atoms with E-state index in [1.54, 1.807) is 18.2 Å². The van der Waals surface area contributed by atoms with Crippen molar-refractivity contribution in [2.45, 2.75) is 0 Å². The Balaban J connectivity index is 2.37. The van der Waals surface area contributed by atoms with Crippen molar-refractivity contribution >= 4 is 29.0 Å². The molecule has 1 heterocycles. The number of aromatic nitrogens is 2. The molecule has 0 aliphatic rings. The molecule has 0 unspecified atom stereocenters. The van der Waals surface area contributed by atoms with Gasteiger partial charge in [0.1, 0.15) is 11.6 Å². The van der Waals surface area contributed by atoms with E-state index >= 15 is 0 Å². The molecular weight excluding hydrogens is 275 g/mol. The molecule has 2 rings (SSSR count). The molecular formula is C11H8Cl2N4O. The van der Waals surface area contributed by atoms with Gasteiger partial charge in [0.25, 0.3) is 0 Å². The smallest absolute Gasteiger partial charge is 0.249 e. The summed E-state index contributed by atoms with van der Waals surface area (Å²) in [5.41, 5.74) is 5.53. The van der Waals surface area contributed by atoms with Crippen LogP contribution in [0.5, 0.6) is 11.6 Å². The van der Waals surface area contributed by atoms with Gasteiger partial charge in [-0.25, -0.2) is 9.97 Å². The third-order valence-corrected chi connectivity index (χ3v) is 2.55. The summed E-state index contributed by atoms with van der Waals surface area (Å²) in [7, 11) is 0. The molecule has 5 nitrogen and oxygen atoms in total. The molecule has 0 atom stereocenters. The average molecular weight is 283 g/mol. The van der Waals surface area contributed by atoms with E-state index < -0.39 is 0 Å². The Hall–Kier alpha value is -1.85. The first kappa shape index (κ1) is 12.6. The molecule has 0 saturated heterocycles. The van der Waals surface area contributed by atoms with E-state index in [9.17, 15) is 0 Å². The summed E-state index contributed by atoms with van der Waals surface area (Å²) in [6, 6.07) is 4.78. The van der Waals surface area contributed by atoms with Crippen LogP contribution in [-0.4, -0.2) is 15.8 Å². The second-order valence-corrected chi connectivity index (χ2v) is 4.14. The Kier molecular flexibility index (Phi) is 3.64. The van der Waals surface area contributed by atoms with Gasteiger partial charge in [0.2, 0.25) is 5.88 Å². The fraction of sp³-hybridized carbons (Fsp3) is 0. The zero-order valence-corrected chi connectivity index (χ0v) is 10.5. The zero-order valence-electron chi connectivity index (χ0n) is 9.02. The minimum atomic E-state index is -0.233. The number of nitrogens with one attached hydrogen (secondary N) is 1. The Morgan fingerprint density at radius 2 is 1.94 bits per heavy atom. The van der Waals surface area contributed by atoms with E-state index in [2.05, 4.69) is 9.97 Å². The number of amidine groups is 1. The van der Waals surface area contributed by atoms with Crippen LogP contribution in [0.1, 0.15) is 5.69 Å². The number of benzene rings is 1. The largest absolute Gasteiger partial charge is 0.435 e. The van der Waals surface area contributed by atoms with Crippen LogP contribution in [0.2, 0.25) is 10.0 Å². The van der Waals surface area contributed by atoms with E-state index in [1.807, 2.05) is 0 Å². The molecule has 0 aliphatic carbocycles. The number of ether oxygens (including phenoxy) is 1. The Bertz CT molecular complexity index is 603. The summed E-state index contributed by atoms with van der Waals surface area (Å²) in [5, 5.41) is 8.21. The SMILES string of the molecule is N=C(N)c1nccnc1Oc1ccc(Cl)cc1Cl. The van der Waals surface area contributed by atoms with Gasteiger partial charge in [-0.15, -0.1) is 0 Å². The van der Waals surface area contributed by atoms with Crippen LogP contribution < -0.4 is 10.5 Å². The highest BCUT2D eigenvalue weighted by Crippen LogP contribution is 2.31. The molecule has 0 bridgehead atoms. The molecule has 92 valence electrons. The maximum absolute atomic E-state index is 7.37. The number of hydrogen-bond acceptors (Lipinski definition) is 4. The lowest BCUT2D eigenvalue weighted by Crippen LogP contribution is -2.15. The van der Waals surface area contributed by atoms with E-state index in [0.717, 1.165) is 0 Å². The minimum absolute atomic E-state index is 0.120. The van der Waals surface area contributed by atoms with Gasteiger partial charge in [0.05, 0.1) is 5.02 Å². The van der Waals surface area contributed by atoms with Gasteiger partial charge in [-0.05, 0) is 18.2 Å². The van der Waals surface area contributed by atoms with E-state index in [-0.39, 0.29) is 17.4 Å². The standard InChI is InChI=1S/C11H8Cl2N4O/c12-6-1-2-8(7(13)5-6)18-11-9(10(14)15)16-3-4-17-11/h1-5H,(H3,14,15). The Labute approximate surface area is 113 Å². The van der Waals surface area contributed by atoms with Crippen molar-refractivity contribution in [3.05, 3.63) is 46.3 Å². The van der Waals surface area contributed by atoms with Crippen molar-refractivity contribution < 1.29 is 4.74 Å². The Morgan fingerprint density at radius 1 is 1.22 bits per heavy atom. The van der Waals surface area contributed by atoms with Crippen LogP contribution >= 0.6 is 23.2 Å². The number of rotatable bonds is 3. The maximum Gasteiger partial charge on any atom is 0.249 e. The number of hydrogen-bond donors (Lipinski definition) is 2. The van der Waals surface area contributed by atoms with E-state index in [0.29, 0.717) is 15.8 Å². The molecule has 2 aromatic rings. The van der Waals surface area contributed by atoms with Crippen LogP contribution in [0.3, 0.4) is 0 Å². The van der Waals surface area contributed by atoms with Crippen LogP contribution in [0.25, 0.3) is 0 Å². The van der Waals surface area contributed by atoms with Crippen molar-refractivity contribution in [2.75, 3.05) is 0 Å². The van der Waals surface area contributed by atoms with Gasteiger partial charge < -0.3 is 10.5 Å². The van der Waals surface area contributed by atoms with Crippen molar-refractivity contribution in [1.82, 2.24) is 9.97 Å². The predicted octanol–water partition coefficient (Wildman–Crippen LogP) is 2.86. The molecule has 3 N–H and O–H groups in total. The third-order valence-electron chi connectivity index (χ3n) is 2.02. The van der Waals surface area contributed by atoms with Gasteiger partial charge in [-0.1, -0.05) is 23.2 Å². The van der Waals surface area contributed by atoms with Gasteiger partial charge in [-0.3, -0.25) is 5.41 Å². The van der Waals surface area contributed by atoms with E-state index in [1.165, 1.54) is 12.4 Å². The average Bonchev–Trinajstić information content (AvgIpc) is 2.33. The molecule has 0 radical (unpaired) electrons. The van der Waals surface area contributed by atoms with Crippen molar-refractivity contribution in [3.8, 4) is 11.6 Å². The highest BCUT2D eigenvalue weighted by atomic mass is 35.5. The monoisotopic (exact) mass is 282 g/mol. The van der Waals surface area contributed by atoms with Crippen LogP contribution in [0, 0.1) is 5.41 Å². The fourth-order valence-electron chi connectivity index (χ4n) is 1.25. The highest BCUT2D eigenvalue weighted by Gasteiger charge is 2.12. The Morgan fingerprint density at radius 3 is 2.61 bits per heavy atom. The van der Waals surface area contributed by atoms with Crippen LogP contribution in [0.4, 0.5) is 0 Å². The molecule has 1 aromatic heterocycles. The first-order valence-corrected chi connectivity index (χ1v) is 5.62. The van der Waals surface area contributed by atoms with Gasteiger partial charge in [0, 0.05) is 17.4 Å². The molecule has 0 amide bonds. The first-order chi connectivity index (χ1) is 8.58. The third kappa shape index (κ3) is 2.69. The predicted molar refractivity (Wildman–Crippen MR) is 69.6 cm³/mol. The molecule has 7 heteroatoms. The summed E-state index contributed by atoms with van der Waals surface area (Å²) in [4.78, 5) is 7.88. The second-order valence-electron chi connectivity index (χ2n) is 3.30. The van der Waals surface area contributed by atoms with Crippen LogP contribution in [-0.2, 0) is 0 Å². The first-order valence-electron chi connectivity index (χ1n) is 4.86. The highest BCUT2D eigenvalue weighted by molar-refractivity contribution is 6.35. The number of halogens is 2. The van der Waals surface area contributed by atoms with Crippen molar-refractivity contribution in [2.24, 2.45) is 5.73 Å². The summed E-state index contributed by atoms with van der Waals surface area (Å²) in [5.74, 6) is 0.251. The lowest BCUT2D eigenvalue weighted by molar-refractivity contribution is 0.459. The number of nitrogens with zero attached hydrogens (tertiary/aromatic N) is 2. The summed E-state index contributed by atoms with van der Waals surface area (Å²) in [6.45, 7) is 0. The minimum Gasteiger partial charge on any atom is -0.435 e. The summed E-state index contributed by atoms with van der Waals surface area (Å²) >= 11 is 11.7. The summed E-state index contributed by atoms with van der Waals surface area (Å²) in [6.07, 6.45) is 2.86. The van der Waals surface area contributed by atoms with Crippen molar-refractivity contribution in [1.29, 1.82) is 5.41 Å². The number of nitrogens with two attached hydrogens (primary N) is 1. The fourth-order valence-corrected chi connectivity index (χ4v) is 1.69. The van der Waals surface area contributed by atoms with Crippen LogP contribution in [0.15, 0.2) is 30.6 Å². The summed E-state index contributed by atoms with van der Waals surface area (Å²) < 4.78 is 5.47. The lowest BCUT2D eigenvalue weighted by atomic mass is 10.3. The molecule has 0 spiro atoms. The second kappa shape index (κ2) is 5.20. The topological polar surface area (TPSA) is 84.9 Å². The lowest BCUT2D eigenvalue weighted by Gasteiger charge is -2.09. The maximum atomic E-state index is 7.37.